The number of H-pyrrole nitrogens is 1. The average Bonchev–Trinajstić information content (AvgIpc) is 2.91. The normalized spacial score (nSPS) is 11.6. The third-order valence-corrected chi connectivity index (χ3v) is 4.44. The van der Waals surface area contributed by atoms with Crippen molar-refractivity contribution in [1.29, 1.82) is 0 Å². The number of hydrogen-bond donors (Lipinski definition) is 2. The maximum atomic E-state index is 12.0. The third kappa shape index (κ3) is 2.86. The Kier molecular flexibility index (Phi) is 3.86. The van der Waals surface area contributed by atoms with E-state index < -0.39 is 15.9 Å². The van der Waals surface area contributed by atoms with Gasteiger partial charge in [0.15, 0.2) is 0 Å². The molecule has 0 saturated heterocycles. The first-order valence-electron chi connectivity index (χ1n) is 5.74. The Labute approximate surface area is 116 Å². The molecule has 1 amide bonds. The van der Waals surface area contributed by atoms with Crippen LogP contribution in [0.1, 0.15) is 10.4 Å². The highest BCUT2D eigenvalue weighted by Gasteiger charge is 2.18. The minimum atomic E-state index is -3.56. The number of carbonyl (C=O) groups excluding carboxylic acids is 1. The number of rotatable bonds is 4. The van der Waals surface area contributed by atoms with Crippen molar-refractivity contribution in [3.63, 3.8) is 0 Å². The number of sulfonamides is 1. The van der Waals surface area contributed by atoms with Gasteiger partial charge in [0.2, 0.25) is 10.0 Å². The standard InChI is InChI=1S/C12H14N4O3S/c1-16(2)20(18,19)11-5-3-4-9(6-11)12(17)15-10-7-13-14-8-10/h3-8H,1-2H3,(H,13,14)(H,15,17). The van der Waals surface area contributed by atoms with Crippen molar-refractivity contribution in [2.45, 2.75) is 4.90 Å². The zero-order valence-electron chi connectivity index (χ0n) is 11.0. The van der Waals surface area contributed by atoms with Crippen LogP contribution in [0.25, 0.3) is 0 Å². The van der Waals surface area contributed by atoms with Crippen molar-refractivity contribution in [3.05, 3.63) is 42.2 Å². The van der Waals surface area contributed by atoms with Gasteiger partial charge in [-0.2, -0.15) is 5.10 Å². The highest BCUT2D eigenvalue weighted by Crippen LogP contribution is 2.16. The van der Waals surface area contributed by atoms with Crippen molar-refractivity contribution in [2.24, 2.45) is 0 Å². The Morgan fingerprint density at radius 1 is 1.35 bits per heavy atom. The molecule has 1 aromatic heterocycles. The lowest BCUT2D eigenvalue weighted by Crippen LogP contribution is -2.22. The molecule has 0 aliphatic heterocycles. The topological polar surface area (TPSA) is 95.2 Å². The minimum Gasteiger partial charge on any atom is -0.319 e. The van der Waals surface area contributed by atoms with Crippen molar-refractivity contribution < 1.29 is 13.2 Å². The third-order valence-electron chi connectivity index (χ3n) is 2.63. The predicted octanol–water partition coefficient (Wildman–Crippen LogP) is 0.912. The fourth-order valence-electron chi connectivity index (χ4n) is 1.53. The van der Waals surface area contributed by atoms with Gasteiger partial charge in [0.05, 0.1) is 16.8 Å². The quantitative estimate of drug-likeness (QED) is 0.876. The summed E-state index contributed by atoms with van der Waals surface area (Å²) in [6, 6.07) is 5.86. The van der Waals surface area contributed by atoms with Crippen LogP contribution >= 0.6 is 0 Å². The summed E-state index contributed by atoms with van der Waals surface area (Å²) in [4.78, 5) is 12.1. The predicted molar refractivity (Wildman–Crippen MR) is 73.9 cm³/mol. The van der Waals surface area contributed by atoms with Crippen LogP contribution in [0.2, 0.25) is 0 Å². The molecule has 0 atom stereocenters. The van der Waals surface area contributed by atoms with Gasteiger partial charge in [0, 0.05) is 25.9 Å². The molecule has 8 heteroatoms. The maximum Gasteiger partial charge on any atom is 0.255 e. The van der Waals surface area contributed by atoms with E-state index in [1.807, 2.05) is 0 Å². The number of benzene rings is 1. The summed E-state index contributed by atoms with van der Waals surface area (Å²) in [6.45, 7) is 0. The van der Waals surface area contributed by atoms with Crippen LogP contribution in [-0.4, -0.2) is 42.9 Å². The number of anilines is 1. The highest BCUT2D eigenvalue weighted by atomic mass is 32.2. The Hall–Kier alpha value is -2.19. The largest absolute Gasteiger partial charge is 0.319 e. The second kappa shape index (κ2) is 5.43. The van der Waals surface area contributed by atoms with Gasteiger partial charge in [0.25, 0.3) is 5.91 Å². The van der Waals surface area contributed by atoms with Crippen LogP contribution in [0.4, 0.5) is 5.69 Å². The van der Waals surface area contributed by atoms with Crippen LogP contribution in [0.5, 0.6) is 0 Å². The van der Waals surface area contributed by atoms with Gasteiger partial charge in [-0.15, -0.1) is 0 Å². The van der Waals surface area contributed by atoms with Gasteiger partial charge in [-0.3, -0.25) is 9.89 Å². The van der Waals surface area contributed by atoms with Crippen LogP contribution in [0.3, 0.4) is 0 Å². The van der Waals surface area contributed by atoms with Crippen LogP contribution in [-0.2, 0) is 10.0 Å². The van der Waals surface area contributed by atoms with E-state index in [1.165, 1.54) is 44.7 Å². The lowest BCUT2D eigenvalue weighted by Gasteiger charge is -2.12. The fourth-order valence-corrected chi connectivity index (χ4v) is 2.48. The molecular formula is C12H14N4O3S. The SMILES string of the molecule is CN(C)S(=O)(=O)c1cccc(C(=O)Nc2cn[nH]c2)c1. The number of nitrogens with one attached hydrogen (secondary N) is 2. The van der Waals surface area contributed by atoms with E-state index in [9.17, 15) is 13.2 Å². The van der Waals surface area contributed by atoms with E-state index in [-0.39, 0.29) is 10.5 Å². The first-order chi connectivity index (χ1) is 9.41. The van der Waals surface area contributed by atoms with E-state index >= 15 is 0 Å². The van der Waals surface area contributed by atoms with Gasteiger partial charge in [-0.25, -0.2) is 12.7 Å². The molecule has 1 aromatic carbocycles. The van der Waals surface area contributed by atoms with E-state index in [2.05, 4.69) is 15.5 Å². The summed E-state index contributed by atoms with van der Waals surface area (Å²) in [5.74, 6) is -0.401. The number of aromatic nitrogens is 2. The number of amides is 1. The smallest absolute Gasteiger partial charge is 0.255 e. The molecule has 0 unspecified atom stereocenters. The Morgan fingerprint density at radius 3 is 2.70 bits per heavy atom. The molecule has 0 saturated carbocycles. The molecule has 0 spiro atoms. The Morgan fingerprint density at radius 2 is 2.10 bits per heavy atom. The highest BCUT2D eigenvalue weighted by molar-refractivity contribution is 7.89. The molecule has 20 heavy (non-hydrogen) atoms. The second-order valence-corrected chi connectivity index (χ2v) is 6.41. The number of nitrogens with zero attached hydrogens (tertiary/aromatic N) is 2. The van der Waals surface area contributed by atoms with Crippen molar-refractivity contribution >= 4 is 21.6 Å². The van der Waals surface area contributed by atoms with Gasteiger partial charge in [-0.05, 0) is 18.2 Å². The Bertz CT molecular complexity index is 708. The number of aromatic amines is 1. The summed E-state index contributed by atoms with van der Waals surface area (Å²) in [5.41, 5.74) is 0.769. The first-order valence-corrected chi connectivity index (χ1v) is 7.18. The van der Waals surface area contributed by atoms with Crippen LogP contribution < -0.4 is 5.32 Å². The molecular weight excluding hydrogens is 280 g/mol. The number of hydrogen-bond acceptors (Lipinski definition) is 4. The molecule has 7 nitrogen and oxygen atoms in total. The lowest BCUT2D eigenvalue weighted by molar-refractivity contribution is 0.102. The zero-order chi connectivity index (χ0) is 14.8. The summed E-state index contributed by atoms with van der Waals surface area (Å²) in [5, 5.41) is 8.88. The molecule has 0 fully saturated rings. The average molecular weight is 294 g/mol. The van der Waals surface area contributed by atoms with E-state index in [0.717, 1.165) is 4.31 Å². The summed E-state index contributed by atoms with van der Waals surface area (Å²) in [6.07, 6.45) is 2.98. The molecule has 2 aromatic rings. The first kappa shape index (κ1) is 14.2. The van der Waals surface area contributed by atoms with Crippen molar-refractivity contribution in [2.75, 3.05) is 19.4 Å². The maximum absolute atomic E-state index is 12.0. The van der Waals surface area contributed by atoms with E-state index in [1.54, 1.807) is 6.07 Å². The lowest BCUT2D eigenvalue weighted by atomic mass is 10.2. The van der Waals surface area contributed by atoms with Gasteiger partial charge < -0.3 is 5.32 Å². The minimum absolute atomic E-state index is 0.0716. The molecule has 0 aliphatic rings. The monoisotopic (exact) mass is 294 g/mol. The summed E-state index contributed by atoms with van der Waals surface area (Å²) >= 11 is 0. The van der Waals surface area contributed by atoms with Gasteiger partial charge in [-0.1, -0.05) is 6.07 Å². The molecule has 1 heterocycles. The fraction of sp³-hybridized carbons (Fsp3) is 0.167. The van der Waals surface area contributed by atoms with Crippen molar-refractivity contribution in [3.8, 4) is 0 Å². The molecule has 0 bridgehead atoms. The molecule has 2 rings (SSSR count). The van der Waals surface area contributed by atoms with Crippen molar-refractivity contribution in [1.82, 2.24) is 14.5 Å². The van der Waals surface area contributed by atoms with Crippen LogP contribution in [0, 0.1) is 0 Å². The summed E-state index contributed by atoms with van der Waals surface area (Å²) < 4.78 is 25.1. The van der Waals surface area contributed by atoms with E-state index in [4.69, 9.17) is 0 Å². The van der Waals surface area contributed by atoms with Gasteiger partial charge >= 0.3 is 0 Å². The molecule has 0 aliphatic carbocycles. The van der Waals surface area contributed by atoms with Crippen LogP contribution in [0.15, 0.2) is 41.6 Å². The molecule has 106 valence electrons. The molecule has 0 radical (unpaired) electrons. The Balaban J connectivity index is 2.28. The molecule has 2 N–H and O–H groups in total. The van der Waals surface area contributed by atoms with E-state index in [0.29, 0.717) is 5.69 Å². The van der Waals surface area contributed by atoms with Gasteiger partial charge in [0.1, 0.15) is 0 Å². The zero-order valence-corrected chi connectivity index (χ0v) is 11.8. The summed E-state index contributed by atoms with van der Waals surface area (Å²) in [7, 11) is -0.684. The number of carbonyl (C=O) groups is 1. The second-order valence-electron chi connectivity index (χ2n) is 4.26.